The number of ether oxygens (including phenoxy) is 1. The Morgan fingerprint density at radius 2 is 2.29 bits per heavy atom. The molecule has 1 aromatic carbocycles. The molecule has 3 aromatic heterocycles. The summed E-state index contributed by atoms with van der Waals surface area (Å²) in [7, 11) is 0. The molecule has 0 fully saturated rings. The molecule has 9 heteroatoms. The number of aromatic nitrogens is 4. The van der Waals surface area contributed by atoms with E-state index in [1.54, 1.807) is 23.9 Å². The highest BCUT2D eigenvalue weighted by Gasteiger charge is 2.14. The summed E-state index contributed by atoms with van der Waals surface area (Å²) in [6.45, 7) is 4.56. The highest BCUT2D eigenvalue weighted by Crippen LogP contribution is 2.25. The number of nitrogens with one attached hydrogen (secondary N) is 1. The van der Waals surface area contributed by atoms with Gasteiger partial charge in [0.05, 0.1) is 21.6 Å². The molecule has 0 saturated carbocycles. The van der Waals surface area contributed by atoms with E-state index in [-0.39, 0.29) is 24.2 Å². The van der Waals surface area contributed by atoms with E-state index in [0.717, 1.165) is 15.2 Å². The van der Waals surface area contributed by atoms with Gasteiger partial charge in [-0.05, 0) is 26.0 Å². The number of carbonyl (C=O) groups excluding carboxylic acids is 1. The first-order chi connectivity index (χ1) is 13.6. The third kappa shape index (κ3) is 4.04. The normalized spacial score (nSPS) is 12.2. The molecule has 144 valence electrons. The second kappa shape index (κ2) is 7.81. The number of benzene rings is 1. The third-order valence-corrected chi connectivity index (χ3v) is 5.16. The Bertz CT molecular complexity index is 1090. The number of oxazole rings is 1. The smallest absolute Gasteiger partial charge is 0.273 e. The minimum atomic E-state index is -0.290. The molecule has 0 bridgehead atoms. The van der Waals surface area contributed by atoms with Crippen molar-refractivity contribution in [2.24, 2.45) is 0 Å². The summed E-state index contributed by atoms with van der Waals surface area (Å²) in [5, 5.41) is 3.85. The Kier molecular flexibility index (Phi) is 5.07. The molecular weight excluding hydrogens is 378 g/mol. The molecule has 0 saturated heterocycles. The van der Waals surface area contributed by atoms with Crippen LogP contribution < -0.4 is 10.1 Å². The number of nitrogens with zero attached hydrogens (tertiary/aromatic N) is 4. The number of carbonyl (C=O) groups is 1. The summed E-state index contributed by atoms with van der Waals surface area (Å²) in [4.78, 5) is 24.9. The van der Waals surface area contributed by atoms with Crippen LogP contribution in [0.25, 0.3) is 10.2 Å². The maximum absolute atomic E-state index is 12.2. The van der Waals surface area contributed by atoms with Crippen LogP contribution in [0.15, 0.2) is 47.6 Å². The Morgan fingerprint density at radius 3 is 3.11 bits per heavy atom. The lowest BCUT2D eigenvalue weighted by molar-refractivity contribution is 0.0943. The number of hydrogen-bond acceptors (Lipinski definition) is 7. The van der Waals surface area contributed by atoms with Crippen LogP contribution in [0.2, 0.25) is 0 Å². The van der Waals surface area contributed by atoms with E-state index in [1.807, 2.05) is 42.8 Å². The summed E-state index contributed by atoms with van der Waals surface area (Å²) in [6, 6.07) is 5.83. The molecule has 1 atom stereocenters. The number of imidazole rings is 1. The fraction of sp³-hybridized carbons (Fsp3) is 0.263. The molecule has 3 heterocycles. The van der Waals surface area contributed by atoms with E-state index in [9.17, 15) is 4.79 Å². The zero-order valence-corrected chi connectivity index (χ0v) is 16.3. The molecule has 4 rings (SSSR count). The average Bonchev–Trinajstić information content (AvgIpc) is 3.43. The van der Waals surface area contributed by atoms with E-state index >= 15 is 0 Å². The van der Waals surface area contributed by atoms with Gasteiger partial charge in [0.25, 0.3) is 5.91 Å². The van der Waals surface area contributed by atoms with E-state index in [0.29, 0.717) is 18.2 Å². The summed E-state index contributed by atoms with van der Waals surface area (Å²) in [5.74, 6) is 0.722. The van der Waals surface area contributed by atoms with Gasteiger partial charge in [0.1, 0.15) is 12.0 Å². The molecule has 4 aromatic rings. The molecule has 28 heavy (non-hydrogen) atoms. The zero-order chi connectivity index (χ0) is 19.5. The van der Waals surface area contributed by atoms with Crippen molar-refractivity contribution in [2.45, 2.75) is 26.5 Å². The quantitative estimate of drug-likeness (QED) is 0.514. The first-order valence-corrected chi connectivity index (χ1v) is 9.60. The summed E-state index contributed by atoms with van der Waals surface area (Å²) >= 11 is 1.64. The van der Waals surface area contributed by atoms with Gasteiger partial charge in [-0.3, -0.25) is 4.79 Å². The van der Waals surface area contributed by atoms with Crippen molar-refractivity contribution in [3.8, 4) is 5.75 Å². The van der Waals surface area contributed by atoms with Crippen LogP contribution in [0, 0.1) is 6.92 Å². The van der Waals surface area contributed by atoms with Crippen LogP contribution in [0.3, 0.4) is 0 Å². The lowest BCUT2D eigenvalue weighted by atomic mass is 10.3. The van der Waals surface area contributed by atoms with Crippen molar-refractivity contribution in [3.05, 3.63) is 59.8 Å². The third-order valence-electron chi connectivity index (χ3n) is 4.20. The van der Waals surface area contributed by atoms with E-state index in [2.05, 4.69) is 20.3 Å². The van der Waals surface area contributed by atoms with Crippen molar-refractivity contribution in [1.29, 1.82) is 0 Å². The van der Waals surface area contributed by atoms with Crippen molar-refractivity contribution in [2.75, 3.05) is 6.54 Å². The zero-order valence-electron chi connectivity index (χ0n) is 15.5. The first-order valence-electron chi connectivity index (χ1n) is 8.78. The second-order valence-electron chi connectivity index (χ2n) is 6.35. The van der Waals surface area contributed by atoms with Crippen LogP contribution >= 0.6 is 11.3 Å². The molecule has 8 nitrogen and oxygen atoms in total. The highest BCUT2D eigenvalue weighted by atomic mass is 32.1. The number of rotatable bonds is 7. The maximum Gasteiger partial charge on any atom is 0.273 e. The number of aryl methyl sites for hydroxylation is 1. The lowest BCUT2D eigenvalue weighted by Gasteiger charge is -2.13. The van der Waals surface area contributed by atoms with Gasteiger partial charge in [-0.2, -0.15) is 0 Å². The summed E-state index contributed by atoms with van der Waals surface area (Å²) in [6.07, 6.45) is 6.61. The Hall–Kier alpha value is -3.20. The van der Waals surface area contributed by atoms with Gasteiger partial charge in [-0.25, -0.2) is 15.0 Å². The van der Waals surface area contributed by atoms with Gasteiger partial charge < -0.3 is 19.0 Å². The fourth-order valence-electron chi connectivity index (χ4n) is 2.71. The molecule has 1 amide bonds. The molecule has 0 aliphatic heterocycles. The molecule has 0 radical (unpaired) electrons. The molecular formula is C19H19N5O3S. The summed E-state index contributed by atoms with van der Waals surface area (Å²) in [5.41, 5.74) is 1.13. The van der Waals surface area contributed by atoms with Gasteiger partial charge in [-0.15, -0.1) is 11.3 Å². The maximum atomic E-state index is 12.2. The van der Waals surface area contributed by atoms with E-state index in [4.69, 9.17) is 9.15 Å². The predicted molar refractivity (Wildman–Crippen MR) is 104 cm³/mol. The number of thiazole rings is 1. The fourth-order valence-corrected chi connectivity index (χ4v) is 3.51. The van der Waals surface area contributed by atoms with Gasteiger partial charge in [0, 0.05) is 31.0 Å². The van der Waals surface area contributed by atoms with Gasteiger partial charge in [0.2, 0.25) is 5.89 Å². The Morgan fingerprint density at radius 1 is 1.39 bits per heavy atom. The topological polar surface area (TPSA) is 95.1 Å². The van der Waals surface area contributed by atoms with Gasteiger partial charge in [-0.1, -0.05) is 0 Å². The first kappa shape index (κ1) is 18.2. The summed E-state index contributed by atoms with van der Waals surface area (Å²) < 4.78 is 14.1. The van der Waals surface area contributed by atoms with Crippen LogP contribution in [0.4, 0.5) is 0 Å². The van der Waals surface area contributed by atoms with Crippen LogP contribution in [-0.2, 0) is 6.61 Å². The second-order valence-corrected chi connectivity index (χ2v) is 7.58. The van der Waals surface area contributed by atoms with Crippen molar-refractivity contribution >= 4 is 27.5 Å². The van der Waals surface area contributed by atoms with Crippen molar-refractivity contribution in [3.63, 3.8) is 0 Å². The standard InChI is InChI=1S/C19H19N5O3S/c1-12(24-6-5-20-11-24)8-21-19(25)16-9-27-18(23-16)10-26-14-3-4-17-15(7-14)22-13(2)28-17/h3-7,9,11-12H,8,10H2,1-2H3,(H,21,25)/t12-/m0/s1. The molecule has 0 aliphatic carbocycles. The minimum absolute atomic E-state index is 0.0884. The Labute approximate surface area is 165 Å². The Balaban J connectivity index is 1.32. The molecule has 0 spiro atoms. The van der Waals surface area contributed by atoms with Crippen LogP contribution in [0.1, 0.15) is 34.4 Å². The van der Waals surface area contributed by atoms with Crippen LogP contribution in [0.5, 0.6) is 5.75 Å². The van der Waals surface area contributed by atoms with Crippen LogP contribution in [-0.4, -0.2) is 32.0 Å². The molecule has 0 unspecified atom stereocenters. The molecule has 0 aliphatic rings. The van der Waals surface area contributed by atoms with Crippen molar-refractivity contribution < 1.29 is 13.9 Å². The number of fused-ring (bicyclic) bond motifs is 1. The molecule has 1 N–H and O–H groups in total. The highest BCUT2D eigenvalue weighted by molar-refractivity contribution is 7.18. The predicted octanol–water partition coefficient (Wildman–Crippen LogP) is 3.36. The number of hydrogen-bond donors (Lipinski definition) is 1. The lowest BCUT2D eigenvalue weighted by Crippen LogP contribution is -2.29. The minimum Gasteiger partial charge on any atom is -0.484 e. The largest absolute Gasteiger partial charge is 0.484 e. The SMILES string of the molecule is Cc1nc2cc(OCc3nc(C(=O)NC[C@H](C)n4ccnc4)co3)ccc2s1. The van der Waals surface area contributed by atoms with Crippen molar-refractivity contribution in [1.82, 2.24) is 24.8 Å². The van der Waals surface area contributed by atoms with E-state index < -0.39 is 0 Å². The monoisotopic (exact) mass is 397 g/mol. The average molecular weight is 397 g/mol. The van der Waals surface area contributed by atoms with Gasteiger partial charge in [0.15, 0.2) is 12.3 Å². The van der Waals surface area contributed by atoms with E-state index in [1.165, 1.54) is 6.26 Å². The number of amides is 1. The van der Waals surface area contributed by atoms with Gasteiger partial charge >= 0.3 is 0 Å².